The number of ether oxygens (including phenoxy) is 1. The summed E-state index contributed by atoms with van der Waals surface area (Å²) in [5, 5.41) is 3.45. The van der Waals surface area contributed by atoms with E-state index >= 15 is 0 Å². The van der Waals surface area contributed by atoms with Crippen molar-refractivity contribution < 1.29 is 4.74 Å². The summed E-state index contributed by atoms with van der Waals surface area (Å²) >= 11 is 0. The number of aromatic nitrogens is 2. The maximum atomic E-state index is 6.01. The molecule has 19 heavy (non-hydrogen) atoms. The standard InChI is InChI=1S/C15H27N3O/c1-5-18-10-9-17-14(18)13(16-3)15(19-4)8-6-7-12(2)11-15/h9-10,12-13,16H,5-8,11H2,1-4H3. The normalized spacial score (nSPS) is 29.4. The number of likely N-dealkylation sites (N-methyl/N-ethyl adjacent to an activating group) is 1. The van der Waals surface area contributed by atoms with Crippen molar-refractivity contribution >= 4 is 0 Å². The summed E-state index contributed by atoms with van der Waals surface area (Å²) in [6, 6.07) is 0.162. The highest BCUT2D eigenvalue weighted by molar-refractivity contribution is 5.09. The van der Waals surface area contributed by atoms with Gasteiger partial charge in [0.2, 0.25) is 0 Å². The third-order valence-electron chi connectivity index (χ3n) is 4.56. The lowest BCUT2D eigenvalue weighted by atomic mass is 9.74. The molecule has 1 aromatic heterocycles. The Morgan fingerprint density at radius 2 is 2.42 bits per heavy atom. The van der Waals surface area contributed by atoms with Crippen LogP contribution in [0.5, 0.6) is 0 Å². The third kappa shape index (κ3) is 2.70. The number of hydrogen-bond acceptors (Lipinski definition) is 3. The average Bonchev–Trinajstić information content (AvgIpc) is 2.87. The topological polar surface area (TPSA) is 39.1 Å². The molecule has 3 atom stereocenters. The number of imidazole rings is 1. The van der Waals surface area contributed by atoms with Crippen molar-refractivity contribution in [2.24, 2.45) is 5.92 Å². The SMILES string of the molecule is CCn1ccnc1C(NC)C1(OC)CCCC(C)C1. The average molecular weight is 265 g/mol. The van der Waals surface area contributed by atoms with Gasteiger partial charge in [0.15, 0.2) is 0 Å². The Labute approximate surface area is 116 Å². The van der Waals surface area contributed by atoms with Crippen molar-refractivity contribution in [2.45, 2.75) is 57.7 Å². The second-order valence-corrected chi connectivity index (χ2v) is 5.76. The van der Waals surface area contributed by atoms with Crippen molar-refractivity contribution in [1.29, 1.82) is 0 Å². The molecule has 1 aliphatic rings. The van der Waals surface area contributed by atoms with E-state index in [1.807, 2.05) is 20.4 Å². The van der Waals surface area contributed by atoms with Gasteiger partial charge < -0.3 is 14.6 Å². The van der Waals surface area contributed by atoms with Gasteiger partial charge in [0.25, 0.3) is 0 Å². The molecular formula is C15H27N3O. The van der Waals surface area contributed by atoms with Gasteiger partial charge in [0.1, 0.15) is 5.82 Å². The first-order valence-electron chi connectivity index (χ1n) is 7.40. The molecule has 0 amide bonds. The maximum Gasteiger partial charge on any atom is 0.128 e. The number of hydrogen-bond donors (Lipinski definition) is 1. The number of nitrogens with one attached hydrogen (secondary N) is 1. The molecule has 1 aromatic rings. The van der Waals surface area contributed by atoms with Crippen molar-refractivity contribution in [1.82, 2.24) is 14.9 Å². The Morgan fingerprint density at radius 3 is 3.00 bits per heavy atom. The Morgan fingerprint density at radius 1 is 1.63 bits per heavy atom. The quantitative estimate of drug-likeness (QED) is 0.889. The van der Waals surface area contributed by atoms with E-state index in [0.29, 0.717) is 0 Å². The molecule has 4 heteroatoms. The van der Waals surface area contributed by atoms with E-state index in [9.17, 15) is 0 Å². The van der Waals surface area contributed by atoms with Gasteiger partial charge in [0.05, 0.1) is 11.6 Å². The van der Waals surface area contributed by atoms with Crippen LogP contribution in [0.2, 0.25) is 0 Å². The highest BCUT2D eigenvalue weighted by Gasteiger charge is 2.44. The molecule has 1 N–H and O–H groups in total. The third-order valence-corrected chi connectivity index (χ3v) is 4.56. The minimum Gasteiger partial charge on any atom is -0.376 e. The van der Waals surface area contributed by atoms with Crippen LogP contribution in [0.4, 0.5) is 0 Å². The van der Waals surface area contributed by atoms with Crippen LogP contribution in [0.3, 0.4) is 0 Å². The van der Waals surface area contributed by atoms with Gasteiger partial charge in [-0.25, -0.2) is 4.98 Å². The summed E-state index contributed by atoms with van der Waals surface area (Å²) in [6.45, 7) is 5.43. The van der Waals surface area contributed by atoms with E-state index in [1.54, 1.807) is 0 Å². The fourth-order valence-electron chi connectivity index (χ4n) is 3.59. The monoisotopic (exact) mass is 265 g/mol. The van der Waals surface area contributed by atoms with Crippen molar-refractivity contribution in [3.63, 3.8) is 0 Å². The smallest absolute Gasteiger partial charge is 0.128 e. The fourth-order valence-corrected chi connectivity index (χ4v) is 3.59. The van der Waals surface area contributed by atoms with E-state index < -0.39 is 0 Å². The molecule has 1 aliphatic carbocycles. The number of aryl methyl sites for hydroxylation is 1. The van der Waals surface area contributed by atoms with Crippen LogP contribution in [0.1, 0.15) is 51.4 Å². The van der Waals surface area contributed by atoms with E-state index in [4.69, 9.17) is 4.74 Å². The second kappa shape index (κ2) is 6.06. The zero-order valence-electron chi connectivity index (χ0n) is 12.6. The second-order valence-electron chi connectivity index (χ2n) is 5.76. The molecule has 0 aromatic carbocycles. The van der Waals surface area contributed by atoms with Crippen LogP contribution in [0.15, 0.2) is 12.4 Å². The molecule has 4 nitrogen and oxygen atoms in total. The van der Waals surface area contributed by atoms with Crippen LogP contribution in [-0.2, 0) is 11.3 Å². The van der Waals surface area contributed by atoms with Crippen molar-refractivity contribution in [3.05, 3.63) is 18.2 Å². The van der Waals surface area contributed by atoms with Crippen molar-refractivity contribution in [3.8, 4) is 0 Å². The predicted molar refractivity (Wildman–Crippen MR) is 77.1 cm³/mol. The van der Waals surface area contributed by atoms with Gasteiger partial charge in [0, 0.05) is 26.0 Å². The van der Waals surface area contributed by atoms with Gasteiger partial charge in [-0.15, -0.1) is 0 Å². The Bertz CT molecular complexity index is 404. The van der Waals surface area contributed by atoms with E-state index in [1.165, 1.54) is 12.8 Å². The molecule has 108 valence electrons. The minimum absolute atomic E-state index is 0.120. The lowest BCUT2D eigenvalue weighted by Gasteiger charge is -2.44. The molecule has 0 bridgehead atoms. The summed E-state index contributed by atoms with van der Waals surface area (Å²) in [5.41, 5.74) is -0.120. The molecular weight excluding hydrogens is 238 g/mol. The zero-order chi connectivity index (χ0) is 13.9. The van der Waals surface area contributed by atoms with E-state index in [2.05, 4.69) is 34.9 Å². The number of nitrogens with zero attached hydrogens (tertiary/aromatic N) is 2. The molecule has 1 saturated carbocycles. The molecule has 2 rings (SSSR count). The highest BCUT2D eigenvalue weighted by atomic mass is 16.5. The number of methoxy groups -OCH3 is 1. The molecule has 0 radical (unpaired) electrons. The lowest BCUT2D eigenvalue weighted by molar-refractivity contribution is -0.0815. The van der Waals surface area contributed by atoms with Crippen LogP contribution < -0.4 is 5.32 Å². The molecule has 1 fully saturated rings. The largest absolute Gasteiger partial charge is 0.376 e. The summed E-state index contributed by atoms with van der Waals surface area (Å²) < 4.78 is 8.22. The molecule has 3 unspecified atom stereocenters. The van der Waals surface area contributed by atoms with Gasteiger partial charge in [-0.05, 0) is 32.7 Å². The summed E-state index contributed by atoms with van der Waals surface area (Å²) in [6.07, 6.45) is 8.69. The first-order chi connectivity index (χ1) is 9.16. The van der Waals surface area contributed by atoms with Gasteiger partial charge in [-0.1, -0.05) is 19.8 Å². The predicted octanol–water partition coefficient (Wildman–Crippen LogP) is 2.76. The first kappa shape index (κ1) is 14.5. The molecule has 1 heterocycles. The van der Waals surface area contributed by atoms with E-state index in [-0.39, 0.29) is 11.6 Å². The lowest BCUT2D eigenvalue weighted by Crippen LogP contribution is -2.48. The van der Waals surface area contributed by atoms with Gasteiger partial charge >= 0.3 is 0 Å². The Hall–Kier alpha value is -0.870. The van der Waals surface area contributed by atoms with Gasteiger partial charge in [-0.3, -0.25) is 0 Å². The van der Waals surface area contributed by atoms with Crippen LogP contribution in [0.25, 0.3) is 0 Å². The fraction of sp³-hybridized carbons (Fsp3) is 0.800. The molecule has 0 aliphatic heterocycles. The van der Waals surface area contributed by atoms with Crippen molar-refractivity contribution in [2.75, 3.05) is 14.2 Å². The van der Waals surface area contributed by atoms with Gasteiger partial charge in [-0.2, -0.15) is 0 Å². The zero-order valence-corrected chi connectivity index (χ0v) is 12.6. The Balaban J connectivity index is 2.33. The summed E-state index contributed by atoms with van der Waals surface area (Å²) in [5.74, 6) is 1.82. The van der Waals surface area contributed by atoms with Crippen LogP contribution in [0, 0.1) is 5.92 Å². The van der Waals surface area contributed by atoms with E-state index in [0.717, 1.165) is 31.1 Å². The van der Waals surface area contributed by atoms with Crippen LogP contribution >= 0.6 is 0 Å². The van der Waals surface area contributed by atoms with Crippen LogP contribution in [-0.4, -0.2) is 29.3 Å². The first-order valence-corrected chi connectivity index (χ1v) is 7.40. The maximum absolute atomic E-state index is 6.01. The molecule has 0 saturated heterocycles. The summed E-state index contributed by atoms with van der Waals surface area (Å²) in [4.78, 5) is 4.57. The Kier molecular flexibility index (Phi) is 4.63. The highest BCUT2D eigenvalue weighted by Crippen LogP contribution is 2.42. The number of rotatable bonds is 5. The minimum atomic E-state index is -0.120. The molecule has 0 spiro atoms. The summed E-state index contributed by atoms with van der Waals surface area (Å²) in [7, 11) is 3.86.